The van der Waals surface area contributed by atoms with Crippen LogP contribution in [-0.2, 0) is 9.53 Å². The summed E-state index contributed by atoms with van der Waals surface area (Å²) in [6, 6.07) is 3.19. The molecule has 0 fully saturated rings. The van der Waals surface area contributed by atoms with E-state index < -0.39 is 24.5 Å². The maximum Gasteiger partial charge on any atom is 0.330 e. The van der Waals surface area contributed by atoms with Crippen LogP contribution in [0.1, 0.15) is 15.9 Å². The Bertz CT molecular complexity index is 458. The number of phenolic OH excluding ortho intramolecular Hbond substituents is 1. The zero-order valence-electron chi connectivity index (χ0n) is 10.1. The number of phenols is 1. The predicted molar refractivity (Wildman–Crippen MR) is 63.2 cm³/mol. The van der Waals surface area contributed by atoms with Crippen molar-refractivity contribution in [1.29, 1.82) is 0 Å². The van der Waals surface area contributed by atoms with Crippen LogP contribution in [0, 0.1) is 6.92 Å². The zero-order chi connectivity index (χ0) is 13.7. The second-order valence-electron chi connectivity index (χ2n) is 3.73. The number of rotatable bonds is 4. The standard InChI is InChI=1S/C12H15NO5/c1-7-5-8(3-4-10(7)15)11(16)13-9(6-14)12(17)18-2/h3-5,9,14-15H,6H2,1-2H3,(H,13,16)/t9-/m0/s1. The fourth-order valence-corrected chi connectivity index (χ4v) is 1.36. The van der Waals surface area contributed by atoms with Gasteiger partial charge in [-0.1, -0.05) is 0 Å². The molecule has 0 saturated heterocycles. The van der Waals surface area contributed by atoms with Gasteiger partial charge >= 0.3 is 5.97 Å². The number of methoxy groups -OCH3 is 1. The fourth-order valence-electron chi connectivity index (χ4n) is 1.36. The highest BCUT2D eigenvalue weighted by Gasteiger charge is 2.21. The Balaban J connectivity index is 2.81. The number of aliphatic hydroxyl groups is 1. The van der Waals surface area contributed by atoms with Crippen molar-refractivity contribution in [3.63, 3.8) is 0 Å². The largest absolute Gasteiger partial charge is 0.508 e. The van der Waals surface area contributed by atoms with E-state index in [1.54, 1.807) is 6.92 Å². The molecule has 18 heavy (non-hydrogen) atoms. The van der Waals surface area contributed by atoms with Crippen LogP contribution in [-0.4, -0.2) is 41.8 Å². The summed E-state index contributed by atoms with van der Waals surface area (Å²) in [6.45, 7) is 1.10. The van der Waals surface area contributed by atoms with Gasteiger partial charge < -0.3 is 20.3 Å². The highest BCUT2D eigenvalue weighted by atomic mass is 16.5. The number of aryl methyl sites for hydroxylation is 1. The molecule has 1 rings (SSSR count). The van der Waals surface area contributed by atoms with Crippen LogP contribution in [0.15, 0.2) is 18.2 Å². The molecule has 1 aromatic rings. The number of carbonyl (C=O) groups excluding carboxylic acids is 2. The van der Waals surface area contributed by atoms with Gasteiger partial charge in [-0.05, 0) is 30.7 Å². The van der Waals surface area contributed by atoms with Gasteiger partial charge in [-0.25, -0.2) is 4.79 Å². The molecular formula is C12H15NO5. The lowest BCUT2D eigenvalue weighted by molar-refractivity contribution is -0.143. The van der Waals surface area contributed by atoms with Crippen LogP contribution in [0.3, 0.4) is 0 Å². The number of nitrogens with one attached hydrogen (secondary N) is 1. The van der Waals surface area contributed by atoms with Crippen molar-refractivity contribution in [1.82, 2.24) is 5.32 Å². The van der Waals surface area contributed by atoms with E-state index in [4.69, 9.17) is 5.11 Å². The Morgan fingerprint density at radius 3 is 2.61 bits per heavy atom. The summed E-state index contributed by atoms with van der Waals surface area (Å²) in [6.07, 6.45) is 0. The lowest BCUT2D eigenvalue weighted by Gasteiger charge is -2.14. The molecule has 0 unspecified atom stereocenters. The van der Waals surface area contributed by atoms with E-state index in [-0.39, 0.29) is 11.3 Å². The number of hydrogen-bond acceptors (Lipinski definition) is 5. The summed E-state index contributed by atoms with van der Waals surface area (Å²) in [5.41, 5.74) is 0.828. The number of benzene rings is 1. The van der Waals surface area contributed by atoms with Crippen LogP contribution >= 0.6 is 0 Å². The molecule has 1 atom stereocenters. The molecule has 6 nitrogen and oxygen atoms in total. The normalized spacial score (nSPS) is 11.7. The summed E-state index contributed by atoms with van der Waals surface area (Å²) >= 11 is 0. The average Bonchev–Trinajstić information content (AvgIpc) is 2.37. The number of aromatic hydroxyl groups is 1. The first kappa shape index (κ1) is 14.0. The molecule has 0 heterocycles. The predicted octanol–water partition coefficient (Wildman–Crippen LogP) is -0.0357. The molecule has 0 aromatic heterocycles. The van der Waals surface area contributed by atoms with E-state index in [1.807, 2.05) is 0 Å². The molecule has 0 saturated carbocycles. The summed E-state index contributed by atoms with van der Waals surface area (Å²) in [7, 11) is 1.17. The first-order valence-electron chi connectivity index (χ1n) is 5.28. The fraction of sp³-hybridized carbons (Fsp3) is 0.333. The van der Waals surface area contributed by atoms with E-state index in [0.29, 0.717) is 5.56 Å². The van der Waals surface area contributed by atoms with Gasteiger partial charge in [-0.15, -0.1) is 0 Å². The maximum absolute atomic E-state index is 11.8. The van der Waals surface area contributed by atoms with Crippen molar-refractivity contribution in [2.24, 2.45) is 0 Å². The van der Waals surface area contributed by atoms with Crippen molar-refractivity contribution < 1.29 is 24.5 Å². The first-order chi connectivity index (χ1) is 8.49. The number of ether oxygens (including phenoxy) is 1. The van der Waals surface area contributed by atoms with Crippen LogP contribution in [0.5, 0.6) is 5.75 Å². The lowest BCUT2D eigenvalue weighted by atomic mass is 10.1. The molecule has 3 N–H and O–H groups in total. The molecule has 0 radical (unpaired) electrons. The minimum Gasteiger partial charge on any atom is -0.508 e. The molecule has 0 aliphatic carbocycles. The lowest BCUT2D eigenvalue weighted by Crippen LogP contribution is -2.44. The number of esters is 1. The van der Waals surface area contributed by atoms with Crippen molar-refractivity contribution in [2.45, 2.75) is 13.0 Å². The van der Waals surface area contributed by atoms with E-state index in [1.165, 1.54) is 25.3 Å². The van der Waals surface area contributed by atoms with Gasteiger partial charge in [-0.2, -0.15) is 0 Å². The molecule has 1 amide bonds. The van der Waals surface area contributed by atoms with Crippen LogP contribution in [0.2, 0.25) is 0 Å². The minimum absolute atomic E-state index is 0.0817. The molecule has 0 spiro atoms. The van der Waals surface area contributed by atoms with Crippen LogP contribution < -0.4 is 5.32 Å². The van der Waals surface area contributed by atoms with Gasteiger partial charge in [0, 0.05) is 5.56 Å². The van der Waals surface area contributed by atoms with Crippen molar-refractivity contribution >= 4 is 11.9 Å². The second kappa shape index (κ2) is 6.02. The second-order valence-corrected chi connectivity index (χ2v) is 3.73. The van der Waals surface area contributed by atoms with E-state index in [2.05, 4.69) is 10.1 Å². The molecular weight excluding hydrogens is 238 g/mol. The third-order valence-electron chi connectivity index (χ3n) is 2.43. The van der Waals surface area contributed by atoms with Gasteiger partial charge in [0.05, 0.1) is 13.7 Å². The van der Waals surface area contributed by atoms with Gasteiger partial charge in [-0.3, -0.25) is 4.79 Å². The topological polar surface area (TPSA) is 95.9 Å². The number of aliphatic hydroxyl groups excluding tert-OH is 1. The first-order valence-corrected chi connectivity index (χ1v) is 5.28. The van der Waals surface area contributed by atoms with Crippen molar-refractivity contribution in [3.05, 3.63) is 29.3 Å². The summed E-state index contributed by atoms with van der Waals surface area (Å²) in [5, 5.41) is 20.6. The van der Waals surface area contributed by atoms with Crippen LogP contribution in [0.25, 0.3) is 0 Å². The molecule has 0 bridgehead atoms. The summed E-state index contributed by atoms with van der Waals surface area (Å²) in [5.74, 6) is -1.16. The summed E-state index contributed by atoms with van der Waals surface area (Å²) in [4.78, 5) is 23.0. The average molecular weight is 253 g/mol. The Hall–Kier alpha value is -2.08. The van der Waals surface area contributed by atoms with Crippen molar-refractivity contribution in [3.8, 4) is 5.75 Å². The van der Waals surface area contributed by atoms with E-state index in [0.717, 1.165) is 0 Å². The quantitative estimate of drug-likeness (QED) is 0.654. The van der Waals surface area contributed by atoms with E-state index in [9.17, 15) is 14.7 Å². The summed E-state index contributed by atoms with van der Waals surface area (Å²) < 4.78 is 4.43. The SMILES string of the molecule is COC(=O)[C@H](CO)NC(=O)c1ccc(O)c(C)c1. The Labute approximate surface area is 104 Å². The van der Waals surface area contributed by atoms with Gasteiger partial charge in [0.25, 0.3) is 5.91 Å². The third kappa shape index (κ3) is 3.21. The third-order valence-corrected chi connectivity index (χ3v) is 2.43. The molecule has 1 aromatic carbocycles. The van der Waals surface area contributed by atoms with Crippen LogP contribution in [0.4, 0.5) is 0 Å². The Kier molecular flexibility index (Phi) is 4.67. The van der Waals surface area contributed by atoms with E-state index >= 15 is 0 Å². The molecule has 0 aliphatic rings. The van der Waals surface area contributed by atoms with Gasteiger partial charge in [0.1, 0.15) is 5.75 Å². The highest BCUT2D eigenvalue weighted by molar-refractivity contribution is 5.97. The van der Waals surface area contributed by atoms with Gasteiger partial charge in [0.2, 0.25) is 0 Å². The Morgan fingerprint density at radius 1 is 1.44 bits per heavy atom. The smallest absolute Gasteiger partial charge is 0.330 e. The molecule has 6 heteroatoms. The molecule has 0 aliphatic heterocycles. The minimum atomic E-state index is -1.10. The Morgan fingerprint density at radius 2 is 2.11 bits per heavy atom. The van der Waals surface area contributed by atoms with Crippen molar-refractivity contribution in [2.75, 3.05) is 13.7 Å². The van der Waals surface area contributed by atoms with Gasteiger partial charge in [0.15, 0.2) is 6.04 Å². The molecule has 98 valence electrons. The number of hydrogen-bond donors (Lipinski definition) is 3. The number of amides is 1. The zero-order valence-corrected chi connectivity index (χ0v) is 10.1. The highest BCUT2D eigenvalue weighted by Crippen LogP contribution is 2.16. The number of carbonyl (C=O) groups is 2. The monoisotopic (exact) mass is 253 g/mol. The maximum atomic E-state index is 11.8.